The van der Waals surface area contributed by atoms with E-state index in [2.05, 4.69) is 51.2 Å². The minimum Gasteiger partial charge on any atom is -0.432 e. The molecule has 0 fully saturated rings. The minimum atomic E-state index is -2.40. The average Bonchev–Trinajstić information content (AvgIpc) is 2.61. The molecule has 0 heterocycles. The van der Waals surface area contributed by atoms with Gasteiger partial charge in [-0.3, -0.25) is 0 Å². The first-order valence-corrected chi connectivity index (χ1v) is 15.4. The van der Waals surface area contributed by atoms with Crippen molar-refractivity contribution < 1.29 is 23.5 Å². The molecule has 1 aromatic rings. The zero-order chi connectivity index (χ0) is 21.4. The highest BCUT2D eigenvalue weighted by molar-refractivity contribution is 6.91. The van der Waals surface area contributed by atoms with Crippen LogP contribution < -0.4 is 5.19 Å². The molecule has 5 nitrogen and oxygen atoms in total. The lowest BCUT2D eigenvalue weighted by Gasteiger charge is -2.38. The quantitative estimate of drug-likeness (QED) is 0.372. The fourth-order valence-corrected chi connectivity index (χ4v) is 12.0. The first kappa shape index (κ1) is 25.5. The van der Waals surface area contributed by atoms with E-state index in [4.69, 9.17) is 13.3 Å². The molecule has 0 aromatic heterocycles. The van der Waals surface area contributed by atoms with Gasteiger partial charge in [-0.2, -0.15) is 0 Å². The molecule has 2 N–H and O–H groups in total. The number of hydrogen-bond acceptors (Lipinski definition) is 5. The highest BCUT2D eigenvalue weighted by atomic mass is 28.4. The second kappa shape index (κ2) is 11.0. The van der Waals surface area contributed by atoms with Crippen LogP contribution in [0.15, 0.2) is 30.3 Å². The minimum absolute atomic E-state index is 0.113. The summed E-state index contributed by atoms with van der Waals surface area (Å²) >= 11 is 0. The van der Waals surface area contributed by atoms with Crippen LogP contribution in [0.2, 0.25) is 25.2 Å². The topological polar surface area (TPSA) is 68.2 Å². The molecule has 0 spiro atoms. The Bertz CT molecular complexity index is 563. The van der Waals surface area contributed by atoms with E-state index in [-0.39, 0.29) is 6.61 Å². The van der Waals surface area contributed by atoms with Crippen LogP contribution in [0.5, 0.6) is 0 Å². The number of benzene rings is 1. The Kier molecular flexibility index (Phi) is 10.0. The zero-order valence-corrected chi connectivity index (χ0v) is 20.7. The molecule has 7 heteroatoms. The van der Waals surface area contributed by atoms with Crippen LogP contribution in [0.4, 0.5) is 0 Å². The number of aliphatic hydroxyl groups is 2. The predicted molar refractivity (Wildman–Crippen MR) is 120 cm³/mol. The van der Waals surface area contributed by atoms with E-state index in [9.17, 15) is 10.2 Å². The van der Waals surface area contributed by atoms with Crippen molar-refractivity contribution in [1.29, 1.82) is 0 Å². The van der Waals surface area contributed by atoms with Crippen molar-refractivity contribution in [3.8, 4) is 0 Å². The SMILES string of the molecule is CO[Si](CCCOCC(C)(O)C(C)O)(CC(C)C)O[Si](C)(C)c1ccccc1. The third-order valence-electron chi connectivity index (χ3n) is 5.14. The second-order valence-electron chi connectivity index (χ2n) is 8.88. The first-order valence-electron chi connectivity index (χ1n) is 10.2. The van der Waals surface area contributed by atoms with E-state index in [0.29, 0.717) is 12.5 Å². The largest absolute Gasteiger partial charge is 0.432 e. The summed E-state index contributed by atoms with van der Waals surface area (Å²) in [5.41, 5.74) is -1.23. The summed E-state index contributed by atoms with van der Waals surface area (Å²) in [6.07, 6.45) is -0.0241. The molecule has 162 valence electrons. The van der Waals surface area contributed by atoms with Gasteiger partial charge < -0.3 is 23.5 Å². The van der Waals surface area contributed by atoms with Crippen LogP contribution in [0.1, 0.15) is 34.1 Å². The number of ether oxygens (including phenoxy) is 1. The second-order valence-corrected chi connectivity index (χ2v) is 16.4. The maximum atomic E-state index is 10.1. The summed E-state index contributed by atoms with van der Waals surface area (Å²) < 4.78 is 18.6. The standard InChI is InChI=1S/C21H40O5Si2/c1-18(2)16-28(24-5,15-11-14-25-17-21(4,23)19(3)22)26-27(6,7)20-12-9-8-10-13-20/h8-10,12-13,18-19,22-23H,11,14-17H2,1-7H3. The number of aliphatic hydroxyl groups excluding tert-OH is 1. The molecular formula is C21H40O5Si2. The summed E-state index contributed by atoms with van der Waals surface area (Å²) in [5, 5.41) is 20.9. The van der Waals surface area contributed by atoms with Gasteiger partial charge in [-0.1, -0.05) is 44.2 Å². The Morgan fingerprint density at radius 1 is 1.11 bits per heavy atom. The van der Waals surface area contributed by atoms with Gasteiger partial charge in [-0.05, 0) is 56.6 Å². The summed E-state index contributed by atoms with van der Waals surface area (Å²) in [7, 11) is -2.71. The van der Waals surface area contributed by atoms with E-state index in [1.807, 2.05) is 6.07 Å². The molecule has 1 rings (SSSR count). The predicted octanol–water partition coefficient (Wildman–Crippen LogP) is 3.40. The van der Waals surface area contributed by atoms with Gasteiger partial charge in [0.25, 0.3) is 0 Å². The molecular weight excluding hydrogens is 388 g/mol. The van der Waals surface area contributed by atoms with Crippen LogP contribution in [0, 0.1) is 5.92 Å². The Labute approximate surface area is 173 Å². The Balaban J connectivity index is 2.76. The molecule has 0 amide bonds. The number of hydrogen-bond donors (Lipinski definition) is 2. The van der Waals surface area contributed by atoms with E-state index in [1.54, 1.807) is 21.0 Å². The van der Waals surface area contributed by atoms with E-state index < -0.39 is 28.6 Å². The van der Waals surface area contributed by atoms with Gasteiger partial charge in [0, 0.05) is 13.7 Å². The first-order chi connectivity index (χ1) is 12.9. The lowest BCUT2D eigenvalue weighted by molar-refractivity contribution is -0.102. The molecule has 0 aliphatic carbocycles. The summed E-state index contributed by atoms with van der Waals surface area (Å²) in [6, 6.07) is 12.2. The fourth-order valence-electron chi connectivity index (χ4n) is 3.25. The molecule has 28 heavy (non-hydrogen) atoms. The van der Waals surface area contributed by atoms with Crippen molar-refractivity contribution in [2.45, 2.75) is 71.0 Å². The Hall–Kier alpha value is -0.546. The van der Waals surface area contributed by atoms with Crippen molar-refractivity contribution in [3.63, 3.8) is 0 Å². The lowest BCUT2D eigenvalue weighted by atomic mass is 10.0. The summed E-state index contributed by atoms with van der Waals surface area (Å²) in [6.45, 7) is 12.7. The van der Waals surface area contributed by atoms with Crippen LogP contribution >= 0.6 is 0 Å². The maximum absolute atomic E-state index is 10.1. The zero-order valence-electron chi connectivity index (χ0n) is 18.7. The van der Waals surface area contributed by atoms with Gasteiger partial charge in [-0.15, -0.1) is 0 Å². The van der Waals surface area contributed by atoms with Gasteiger partial charge >= 0.3 is 8.56 Å². The lowest BCUT2D eigenvalue weighted by Crippen LogP contribution is -2.56. The Morgan fingerprint density at radius 3 is 2.21 bits per heavy atom. The molecule has 3 atom stereocenters. The van der Waals surface area contributed by atoms with Crippen molar-refractivity contribution in [2.75, 3.05) is 20.3 Å². The highest BCUT2D eigenvalue weighted by Gasteiger charge is 2.43. The summed E-state index contributed by atoms with van der Waals surface area (Å²) in [5.74, 6) is 0.490. The van der Waals surface area contributed by atoms with Crippen LogP contribution in [0.3, 0.4) is 0 Å². The van der Waals surface area contributed by atoms with Crippen LogP contribution in [-0.2, 0) is 13.3 Å². The van der Waals surface area contributed by atoms with Gasteiger partial charge in [0.1, 0.15) is 5.60 Å². The molecule has 0 radical (unpaired) electrons. The molecule has 3 unspecified atom stereocenters. The van der Waals surface area contributed by atoms with Gasteiger partial charge in [0.2, 0.25) is 8.32 Å². The van der Waals surface area contributed by atoms with Crippen LogP contribution in [-0.4, -0.2) is 59.1 Å². The molecule has 0 aliphatic rings. The molecule has 0 aliphatic heterocycles. The van der Waals surface area contributed by atoms with E-state index >= 15 is 0 Å². The molecule has 0 bridgehead atoms. The van der Waals surface area contributed by atoms with Gasteiger partial charge in [-0.25, -0.2) is 0 Å². The molecule has 1 aromatic carbocycles. The normalized spacial score (nSPS) is 17.9. The fraction of sp³-hybridized carbons (Fsp3) is 0.714. The third kappa shape index (κ3) is 8.06. The van der Waals surface area contributed by atoms with Gasteiger partial charge in [0.05, 0.1) is 12.7 Å². The van der Waals surface area contributed by atoms with Crippen molar-refractivity contribution in [3.05, 3.63) is 30.3 Å². The monoisotopic (exact) mass is 428 g/mol. The summed E-state index contributed by atoms with van der Waals surface area (Å²) in [4.78, 5) is 0. The maximum Gasteiger partial charge on any atom is 0.328 e. The Morgan fingerprint density at radius 2 is 1.71 bits per heavy atom. The number of rotatable bonds is 13. The van der Waals surface area contributed by atoms with Crippen LogP contribution in [0.25, 0.3) is 0 Å². The highest BCUT2D eigenvalue weighted by Crippen LogP contribution is 2.28. The van der Waals surface area contributed by atoms with Crippen molar-refractivity contribution >= 4 is 22.1 Å². The van der Waals surface area contributed by atoms with E-state index in [1.165, 1.54) is 5.19 Å². The van der Waals surface area contributed by atoms with Gasteiger partial charge in [0.15, 0.2) is 0 Å². The van der Waals surface area contributed by atoms with E-state index in [0.717, 1.165) is 18.5 Å². The molecule has 0 saturated carbocycles. The third-order valence-corrected chi connectivity index (χ3v) is 13.7. The molecule has 0 saturated heterocycles. The van der Waals surface area contributed by atoms with Crippen molar-refractivity contribution in [1.82, 2.24) is 0 Å². The van der Waals surface area contributed by atoms with Crippen molar-refractivity contribution in [2.24, 2.45) is 5.92 Å². The smallest absolute Gasteiger partial charge is 0.328 e. The average molecular weight is 429 g/mol.